The Balaban J connectivity index is 3.02. The van der Waals surface area contributed by atoms with Crippen LogP contribution in [0.3, 0.4) is 0 Å². The first-order valence-electron chi connectivity index (χ1n) is 20.6. The average molecular weight is 629 g/mol. The Morgan fingerprint density at radius 3 is 0.738 bits per heavy atom. The molecule has 42 heavy (non-hydrogen) atoms. The Kier molecular flexibility index (Phi) is 42.7. The van der Waals surface area contributed by atoms with Gasteiger partial charge < -0.3 is 0 Å². The van der Waals surface area contributed by atoms with E-state index in [-0.39, 0.29) is 0 Å². The van der Waals surface area contributed by atoms with Gasteiger partial charge in [0.25, 0.3) is 0 Å². The summed E-state index contributed by atoms with van der Waals surface area (Å²) in [4.78, 5) is 0. The molecule has 0 amide bonds. The minimum atomic E-state index is 0.304. The van der Waals surface area contributed by atoms with E-state index in [1.54, 1.807) is 25.2 Å². The molecule has 2 heteroatoms. The minimum absolute atomic E-state index is 0.304. The molecular weight excluding hydrogens is 542 g/mol. The number of hydrogen-bond acceptors (Lipinski definition) is 0. The van der Waals surface area contributed by atoms with Crippen LogP contribution >= 0.6 is 16.5 Å². The molecule has 0 aromatic carbocycles. The van der Waals surface area contributed by atoms with Gasteiger partial charge in [-0.2, -0.15) is 0 Å². The van der Waals surface area contributed by atoms with Gasteiger partial charge in [0.05, 0.1) is 0 Å². The zero-order chi connectivity index (χ0) is 30.3. The summed E-state index contributed by atoms with van der Waals surface area (Å²) < 4.78 is 0. The van der Waals surface area contributed by atoms with Crippen molar-refractivity contribution in [2.75, 3.05) is 12.3 Å². The van der Waals surface area contributed by atoms with E-state index in [2.05, 4.69) is 13.8 Å². The van der Waals surface area contributed by atoms with Crippen LogP contribution in [0, 0.1) is 0 Å². The van der Waals surface area contributed by atoms with Crippen LogP contribution in [0.15, 0.2) is 0 Å². The van der Waals surface area contributed by atoms with Crippen molar-refractivity contribution in [2.45, 2.75) is 245 Å². The number of hydrogen-bond donors (Lipinski definition) is 0. The second kappa shape index (κ2) is 41.9. The normalized spacial score (nSPS) is 12.0. The maximum absolute atomic E-state index is 2.31. The van der Waals surface area contributed by atoms with Crippen molar-refractivity contribution in [3.8, 4) is 0 Å². The number of rotatable bonds is 39. The summed E-state index contributed by atoms with van der Waals surface area (Å²) in [6.45, 7) is 4.62. The van der Waals surface area contributed by atoms with Crippen molar-refractivity contribution in [3.05, 3.63) is 0 Å². The van der Waals surface area contributed by atoms with E-state index < -0.39 is 0 Å². The predicted octanol–water partition coefficient (Wildman–Crippen LogP) is 15.8. The van der Waals surface area contributed by atoms with Crippen molar-refractivity contribution in [1.82, 2.24) is 0 Å². The Morgan fingerprint density at radius 2 is 0.476 bits per heavy atom. The number of unbranched alkanes of at least 4 members (excludes halogenated alkanes) is 34. The molecule has 0 radical (unpaired) electrons. The van der Waals surface area contributed by atoms with Crippen molar-refractivity contribution in [2.24, 2.45) is 0 Å². The molecule has 0 aliphatic rings. The third-order valence-corrected chi connectivity index (χ3v) is 14.8. The SMILES string of the molecule is CCCCCCCCCCCCCCCCCCCCP[PH3]CCCCCCCCCCCCCCCCCCCC. The summed E-state index contributed by atoms with van der Waals surface area (Å²) in [6, 6.07) is 0. The van der Waals surface area contributed by atoms with Gasteiger partial charge in [0, 0.05) is 0 Å². The van der Waals surface area contributed by atoms with E-state index >= 15 is 0 Å². The fraction of sp³-hybridized carbons (Fsp3) is 1.00. The molecule has 1 atom stereocenters. The topological polar surface area (TPSA) is 0 Å². The van der Waals surface area contributed by atoms with Crippen molar-refractivity contribution < 1.29 is 0 Å². The molecule has 0 bridgehead atoms. The third-order valence-electron chi connectivity index (χ3n) is 9.66. The van der Waals surface area contributed by atoms with E-state index in [0.29, 0.717) is 8.27 Å². The quantitative estimate of drug-likeness (QED) is 0.0469. The molecular formula is C40H86P2. The van der Waals surface area contributed by atoms with Gasteiger partial charge in [-0.1, -0.05) is 110 Å². The molecule has 0 aromatic rings. The summed E-state index contributed by atoms with van der Waals surface area (Å²) in [7, 11) is 1.70. The van der Waals surface area contributed by atoms with Crippen LogP contribution in [-0.2, 0) is 0 Å². The monoisotopic (exact) mass is 629 g/mol. The maximum atomic E-state index is 2.31. The Labute approximate surface area is 273 Å². The second-order valence-corrected chi connectivity index (χ2v) is 19.3. The van der Waals surface area contributed by atoms with Gasteiger partial charge in [-0.25, -0.2) is 0 Å². The fourth-order valence-electron chi connectivity index (χ4n) is 6.61. The van der Waals surface area contributed by atoms with Gasteiger partial charge in [-0.05, 0) is 0 Å². The first-order chi connectivity index (χ1) is 20.9. The smallest absolute Gasteiger partial charge is 0.0654 e. The van der Waals surface area contributed by atoms with Crippen LogP contribution in [-0.4, -0.2) is 12.3 Å². The zero-order valence-corrected chi connectivity index (χ0v) is 32.5. The second-order valence-electron chi connectivity index (χ2n) is 14.1. The van der Waals surface area contributed by atoms with Gasteiger partial charge >= 0.3 is 164 Å². The molecule has 0 saturated carbocycles. The van der Waals surface area contributed by atoms with Crippen LogP contribution in [0.1, 0.15) is 245 Å². The fourth-order valence-corrected chi connectivity index (χ4v) is 11.2. The zero-order valence-electron chi connectivity index (χ0n) is 30.1. The molecule has 1 unspecified atom stereocenters. The Bertz CT molecular complexity index is 397. The van der Waals surface area contributed by atoms with Crippen molar-refractivity contribution in [1.29, 1.82) is 0 Å². The van der Waals surface area contributed by atoms with Crippen LogP contribution in [0.25, 0.3) is 0 Å². The molecule has 0 heterocycles. The van der Waals surface area contributed by atoms with Crippen LogP contribution in [0.4, 0.5) is 0 Å². The molecule has 0 aromatic heterocycles. The summed E-state index contributed by atoms with van der Waals surface area (Å²) in [5.41, 5.74) is 0. The summed E-state index contributed by atoms with van der Waals surface area (Å²) >= 11 is 0. The molecule has 256 valence electrons. The van der Waals surface area contributed by atoms with Gasteiger partial charge in [-0.15, -0.1) is 0 Å². The summed E-state index contributed by atoms with van der Waals surface area (Å²) in [6.07, 6.45) is 57.0. The molecule has 0 aliphatic heterocycles. The van der Waals surface area contributed by atoms with Gasteiger partial charge in [0.1, 0.15) is 0 Å². The first-order valence-corrected chi connectivity index (χ1v) is 25.2. The Morgan fingerprint density at radius 1 is 0.262 bits per heavy atom. The average Bonchev–Trinajstić information content (AvgIpc) is 3.00. The molecule has 0 rings (SSSR count). The molecule has 0 saturated heterocycles. The first kappa shape index (κ1) is 42.9. The van der Waals surface area contributed by atoms with E-state index in [4.69, 9.17) is 0 Å². The van der Waals surface area contributed by atoms with Crippen LogP contribution in [0.2, 0.25) is 0 Å². The molecule has 0 fully saturated rings. The van der Waals surface area contributed by atoms with E-state index in [9.17, 15) is 0 Å². The molecule has 0 N–H and O–H groups in total. The van der Waals surface area contributed by atoms with Gasteiger partial charge in [-0.3, -0.25) is 0 Å². The molecule has 0 spiro atoms. The Hall–Kier alpha value is 0.860. The van der Waals surface area contributed by atoms with Gasteiger partial charge in [0.2, 0.25) is 0 Å². The van der Waals surface area contributed by atoms with Gasteiger partial charge in [0.15, 0.2) is 0 Å². The van der Waals surface area contributed by atoms with Crippen molar-refractivity contribution >= 4 is 16.5 Å². The predicted molar refractivity (Wildman–Crippen MR) is 207 cm³/mol. The standard InChI is InChI=1S/C40H86P2/c1-3-5-7-9-11-13-15-17-19-21-23-25-27-29-31-33-35-37-39-41-42-40-38-36-34-32-30-28-26-24-22-20-18-16-14-12-10-8-6-4-2/h41H,3-40H2,1-2,42H3. The van der Waals surface area contributed by atoms with E-state index in [0.717, 1.165) is 0 Å². The summed E-state index contributed by atoms with van der Waals surface area (Å²) in [5.74, 6) is 0. The summed E-state index contributed by atoms with van der Waals surface area (Å²) in [5, 5.41) is 0. The van der Waals surface area contributed by atoms with E-state index in [1.165, 1.54) is 227 Å². The molecule has 0 nitrogen and oxygen atoms in total. The van der Waals surface area contributed by atoms with E-state index in [1.807, 2.05) is 0 Å². The van der Waals surface area contributed by atoms with Crippen LogP contribution < -0.4 is 0 Å². The van der Waals surface area contributed by atoms with Crippen molar-refractivity contribution in [3.63, 3.8) is 0 Å². The third kappa shape index (κ3) is 40.9. The molecule has 0 aliphatic carbocycles. The minimum Gasteiger partial charge on any atom is -0.0654 e. The van der Waals surface area contributed by atoms with Crippen LogP contribution in [0.5, 0.6) is 0 Å².